The van der Waals surface area contributed by atoms with Gasteiger partial charge in [0.1, 0.15) is 5.76 Å². The monoisotopic (exact) mass is 694 g/mol. The quantitative estimate of drug-likeness (QED) is 0.0417. The maximum absolute atomic E-state index is 13.4. The molecule has 0 saturated carbocycles. The van der Waals surface area contributed by atoms with Crippen molar-refractivity contribution in [2.45, 2.75) is 25.8 Å². The van der Waals surface area contributed by atoms with E-state index in [0.717, 1.165) is 0 Å². The highest BCUT2D eigenvalue weighted by molar-refractivity contribution is 6.07. The fraction of sp³-hybridized carbons (Fsp3) is 0.343. The standard InChI is InChI=1S/C35H42N4O11/c1-46-32-20-24(6-10-30(32)42)4-8-28(40)27(29(41)9-5-25-7-11-31(43)33(21-25)47-2)22-26-23-39(38-37-26)15-17-50-19-18-49-16-14-36-34(44)12-13-35(45)48-3/h4-11,20-21,23,40,42-43H,12-19,22H2,1-3H3,(H,36,44)/b8-4+,9-5+,28-27?. The van der Waals surface area contributed by atoms with Gasteiger partial charge in [0.2, 0.25) is 5.91 Å². The molecule has 50 heavy (non-hydrogen) atoms. The molecular formula is C35H42N4O11. The normalized spacial score (nSPS) is 11.8. The molecule has 0 aliphatic heterocycles. The topological polar surface area (TPSA) is 201 Å². The Bertz CT molecular complexity index is 1680. The molecule has 4 N–H and O–H groups in total. The lowest BCUT2D eigenvalue weighted by Crippen LogP contribution is -2.28. The van der Waals surface area contributed by atoms with Crippen LogP contribution in [-0.2, 0) is 41.6 Å². The Morgan fingerprint density at radius 2 is 1.46 bits per heavy atom. The fourth-order valence-corrected chi connectivity index (χ4v) is 4.31. The largest absolute Gasteiger partial charge is 0.508 e. The minimum absolute atomic E-state index is 0.0221. The zero-order chi connectivity index (χ0) is 36.3. The number of aliphatic hydroxyl groups is 1. The summed E-state index contributed by atoms with van der Waals surface area (Å²) >= 11 is 0. The van der Waals surface area contributed by atoms with Crippen LogP contribution in [0, 0.1) is 0 Å². The van der Waals surface area contributed by atoms with Crippen LogP contribution in [0.2, 0.25) is 0 Å². The third kappa shape index (κ3) is 13.1. The lowest BCUT2D eigenvalue weighted by atomic mass is 10.0. The Morgan fingerprint density at radius 1 is 0.840 bits per heavy atom. The minimum Gasteiger partial charge on any atom is -0.508 e. The highest BCUT2D eigenvalue weighted by atomic mass is 16.5. The number of hydrogen-bond acceptors (Lipinski definition) is 13. The van der Waals surface area contributed by atoms with Crippen molar-refractivity contribution in [3.05, 3.63) is 82.9 Å². The number of esters is 1. The number of aromatic hydroxyl groups is 2. The van der Waals surface area contributed by atoms with E-state index in [1.807, 2.05) is 0 Å². The van der Waals surface area contributed by atoms with Gasteiger partial charge in [-0.3, -0.25) is 14.4 Å². The lowest BCUT2D eigenvalue weighted by Gasteiger charge is -2.07. The van der Waals surface area contributed by atoms with Crippen LogP contribution in [-0.4, -0.2) is 102 Å². The number of rotatable bonds is 21. The number of carbonyl (C=O) groups is 3. The predicted molar refractivity (Wildman–Crippen MR) is 182 cm³/mol. The van der Waals surface area contributed by atoms with Crippen LogP contribution >= 0.6 is 0 Å². The minimum atomic E-state index is -0.485. The molecule has 0 fully saturated rings. The molecule has 268 valence electrons. The van der Waals surface area contributed by atoms with Gasteiger partial charge >= 0.3 is 5.97 Å². The van der Waals surface area contributed by atoms with Crippen molar-refractivity contribution < 1.29 is 53.4 Å². The molecule has 0 radical (unpaired) electrons. The number of phenols is 2. The molecule has 0 unspecified atom stereocenters. The lowest BCUT2D eigenvalue weighted by molar-refractivity contribution is -0.142. The molecule has 0 saturated heterocycles. The summed E-state index contributed by atoms with van der Waals surface area (Å²) in [7, 11) is 4.11. The van der Waals surface area contributed by atoms with Gasteiger partial charge in [0.15, 0.2) is 28.8 Å². The number of benzene rings is 2. The first-order valence-corrected chi connectivity index (χ1v) is 15.6. The zero-order valence-electron chi connectivity index (χ0n) is 28.2. The predicted octanol–water partition coefficient (Wildman–Crippen LogP) is 3.16. The number of allylic oxidation sites excluding steroid dienone is 3. The molecule has 1 aromatic heterocycles. The molecule has 0 spiro atoms. The first-order chi connectivity index (χ1) is 24.1. The molecule has 1 heterocycles. The Kier molecular flexibility index (Phi) is 16.0. The van der Waals surface area contributed by atoms with Gasteiger partial charge in [0, 0.05) is 31.2 Å². The summed E-state index contributed by atoms with van der Waals surface area (Å²) in [6.45, 7) is 1.89. The third-order valence-electron chi connectivity index (χ3n) is 7.01. The number of nitrogens with zero attached hydrogens (tertiary/aromatic N) is 3. The zero-order valence-corrected chi connectivity index (χ0v) is 28.2. The van der Waals surface area contributed by atoms with Gasteiger partial charge in [-0.2, -0.15) is 0 Å². The van der Waals surface area contributed by atoms with Gasteiger partial charge in [-0.1, -0.05) is 29.5 Å². The van der Waals surface area contributed by atoms with Gasteiger partial charge < -0.3 is 44.3 Å². The number of hydrogen-bond donors (Lipinski definition) is 4. The average molecular weight is 695 g/mol. The van der Waals surface area contributed by atoms with Gasteiger partial charge in [-0.05, 0) is 47.5 Å². The SMILES string of the molecule is COC(=O)CCC(=O)NCCOCCOCCn1cc(CC(C(=O)/C=C/c2ccc(O)c(OC)c2)=C(O)/C=C/c2ccc(O)c(OC)c2)nn1. The summed E-state index contributed by atoms with van der Waals surface area (Å²) in [6, 6.07) is 9.28. The number of amides is 1. The highest BCUT2D eigenvalue weighted by Gasteiger charge is 2.16. The van der Waals surface area contributed by atoms with E-state index in [9.17, 15) is 29.7 Å². The van der Waals surface area contributed by atoms with E-state index < -0.39 is 11.8 Å². The van der Waals surface area contributed by atoms with Crippen molar-refractivity contribution in [3.8, 4) is 23.0 Å². The van der Waals surface area contributed by atoms with Crippen LogP contribution in [0.4, 0.5) is 0 Å². The van der Waals surface area contributed by atoms with E-state index in [0.29, 0.717) is 49.7 Å². The van der Waals surface area contributed by atoms with E-state index in [1.54, 1.807) is 41.2 Å². The van der Waals surface area contributed by atoms with Gasteiger partial charge in [0.25, 0.3) is 0 Å². The molecule has 2 aromatic carbocycles. The number of nitrogens with one attached hydrogen (secondary N) is 1. The molecule has 1 amide bonds. The maximum atomic E-state index is 13.4. The Hall–Kier alpha value is -5.67. The van der Waals surface area contributed by atoms with Gasteiger partial charge in [-0.15, -0.1) is 5.10 Å². The Balaban J connectivity index is 1.57. The number of carbonyl (C=O) groups excluding carboxylic acids is 3. The van der Waals surface area contributed by atoms with Crippen molar-refractivity contribution in [2.24, 2.45) is 0 Å². The van der Waals surface area contributed by atoms with E-state index >= 15 is 0 Å². The summed E-state index contributed by atoms with van der Waals surface area (Å²) in [6.07, 6.45) is 7.46. The van der Waals surface area contributed by atoms with Gasteiger partial charge in [-0.25, -0.2) is 4.68 Å². The molecule has 0 aliphatic carbocycles. The fourth-order valence-electron chi connectivity index (χ4n) is 4.31. The van der Waals surface area contributed by atoms with Crippen molar-refractivity contribution in [1.82, 2.24) is 20.3 Å². The van der Waals surface area contributed by atoms with Crippen molar-refractivity contribution >= 4 is 29.8 Å². The second-order valence-corrected chi connectivity index (χ2v) is 10.6. The Morgan fingerprint density at radius 3 is 2.08 bits per heavy atom. The number of aliphatic hydroxyl groups excluding tert-OH is 1. The van der Waals surface area contributed by atoms with E-state index in [2.05, 4.69) is 20.4 Å². The van der Waals surface area contributed by atoms with E-state index in [4.69, 9.17) is 18.9 Å². The van der Waals surface area contributed by atoms with Crippen molar-refractivity contribution in [3.63, 3.8) is 0 Å². The summed E-state index contributed by atoms with van der Waals surface area (Å²) in [5.74, 6) is -1.07. The molecule has 0 atom stereocenters. The van der Waals surface area contributed by atoms with Crippen LogP contribution in [0.25, 0.3) is 12.2 Å². The summed E-state index contributed by atoms with van der Waals surface area (Å²) < 4.78 is 27.3. The number of phenolic OH excluding ortho intramolecular Hbond substituents is 2. The van der Waals surface area contributed by atoms with E-state index in [-0.39, 0.29) is 66.1 Å². The molecule has 3 aromatic rings. The maximum Gasteiger partial charge on any atom is 0.306 e. The number of ether oxygens (including phenoxy) is 5. The molecule has 0 bridgehead atoms. The van der Waals surface area contributed by atoms with Crippen LogP contribution < -0.4 is 14.8 Å². The second kappa shape index (κ2) is 20.6. The number of aromatic nitrogens is 3. The van der Waals surface area contributed by atoms with Crippen molar-refractivity contribution in [1.29, 1.82) is 0 Å². The molecular weight excluding hydrogens is 652 g/mol. The second-order valence-electron chi connectivity index (χ2n) is 10.6. The first-order valence-electron chi connectivity index (χ1n) is 15.6. The third-order valence-corrected chi connectivity index (χ3v) is 7.01. The smallest absolute Gasteiger partial charge is 0.306 e. The molecule has 0 aliphatic rings. The highest BCUT2D eigenvalue weighted by Crippen LogP contribution is 2.28. The van der Waals surface area contributed by atoms with Gasteiger partial charge in [0.05, 0.1) is 66.4 Å². The van der Waals surface area contributed by atoms with E-state index in [1.165, 1.54) is 51.7 Å². The molecule has 15 heteroatoms. The van der Waals surface area contributed by atoms with Crippen LogP contribution in [0.5, 0.6) is 23.0 Å². The Labute approximate surface area is 289 Å². The van der Waals surface area contributed by atoms with Crippen LogP contribution in [0.15, 0.2) is 66.1 Å². The van der Waals surface area contributed by atoms with Crippen LogP contribution in [0.1, 0.15) is 29.7 Å². The van der Waals surface area contributed by atoms with Crippen molar-refractivity contribution in [2.75, 3.05) is 54.3 Å². The summed E-state index contributed by atoms with van der Waals surface area (Å²) in [5.41, 5.74) is 1.68. The average Bonchev–Trinajstić information content (AvgIpc) is 3.58. The molecule has 3 rings (SSSR count). The summed E-state index contributed by atoms with van der Waals surface area (Å²) in [4.78, 5) is 36.1. The first kappa shape index (κ1) is 38.8. The molecule has 15 nitrogen and oxygen atoms in total. The summed E-state index contributed by atoms with van der Waals surface area (Å²) in [5, 5.41) is 41.7. The van der Waals surface area contributed by atoms with Crippen LogP contribution in [0.3, 0.4) is 0 Å². The number of ketones is 1. The number of methoxy groups -OCH3 is 3.